The molecule has 5 nitrogen and oxygen atoms in total. The molecule has 2 aromatic heterocycles. The third-order valence-electron chi connectivity index (χ3n) is 4.60. The molecule has 1 amide bonds. The van der Waals surface area contributed by atoms with E-state index in [1.165, 1.54) is 42.9 Å². The molecule has 0 aliphatic carbocycles. The first-order chi connectivity index (χ1) is 15.7. The summed E-state index contributed by atoms with van der Waals surface area (Å²) < 4.78 is 49.6. The van der Waals surface area contributed by atoms with Crippen LogP contribution in [0.15, 0.2) is 59.2 Å². The van der Waals surface area contributed by atoms with Gasteiger partial charge in [0.1, 0.15) is 5.76 Å². The maximum absolute atomic E-state index is 12.9. The molecular weight excluding hydrogens is 477 g/mol. The molecule has 33 heavy (non-hydrogen) atoms. The molecule has 0 aliphatic heterocycles. The molecule has 0 bridgehead atoms. The summed E-state index contributed by atoms with van der Waals surface area (Å²) in [5.74, 6) is 0.489. The maximum atomic E-state index is 12.9. The van der Waals surface area contributed by atoms with Gasteiger partial charge in [-0.3, -0.25) is 10.1 Å². The maximum Gasteiger partial charge on any atom is 0.416 e. The number of methoxy groups -OCH3 is 1. The molecule has 2 aromatic carbocycles. The van der Waals surface area contributed by atoms with E-state index < -0.39 is 17.6 Å². The number of aromatic nitrogens is 1. The van der Waals surface area contributed by atoms with Crippen molar-refractivity contribution in [3.63, 3.8) is 0 Å². The smallest absolute Gasteiger partial charge is 0.416 e. The van der Waals surface area contributed by atoms with Gasteiger partial charge in [0.15, 0.2) is 16.5 Å². The van der Waals surface area contributed by atoms with Crippen molar-refractivity contribution >= 4 is 51.0 Å². The fourth-order valence-electron chi connectivity index (χ4n) is 3.15. The third-order valence-corrected chi connectivity index (χ3v) is 5.73. The number of ether oxygens (including phenoxy) is 1. The quantitative estimate of drug-likeness (QED) is 0.300. The number of thiazole rings is 1. The van der Waals surface area contributed by atoms with Gasteiger partial charge in [-0.1, -0.05) is 29.8 Å². The van der Waals surface area contributed by atoms with Gasteiger partial charge in [-0.25, -0.2) is 4.98 Å². The van der Waals surface area contributed by atoms with Crippen molar-refractivity contribution < 1.29 is 27.1 Å². The highest BCUT2D eigenvalue weighted by molar-refractivity contribution is 7.15. The minimum Gasteiger partial charge on any atom is -0.493 e. The Labute approximate surface area is 195 Å². The van der Waals surface area contributed by atoms with Gasteiger partial charge in [-0.05, 0) is 29.8 Å². The lowest BCUT2D eigenvalue weighted by Crippen LogP contribution is -2.06. The Kier molecular flexibility index (Phi) is 6.44. The predicted molar refractivity (Wildman–Crippen MR) is 122 cm³/mol. The second-order valence-electron chi connectivity index (χ2n) is 7.00. The number of carbonyl (C=O) groups excluding carboxylic acids is 1. The molecular formula is C23H16ClF3N2O3S. The van der Waals surface area contributed by atoms with Crippen LogP contribution in [0, 0.1) is 0 Å². The molecule has 0 spiro atoms. The number of benzene rings is 2. The van der Waals surface area contributed by atoms with E-state index in [9.17, 15) is 18.0 Å². The summed E-state index contributed by atoms with van der Waals surface area (Å²) in [6.45, 7) is 0. The van der Waals surface area contributed by atoms with E-state index in [1.807, 2.05) is 0 Å². The highest BCUT2D eigenvalue weighted by Gasteiger charge is 2.30. The van der Waals surface area contributed by atoms with E-state index in [1.54, 1.807) is 24.3 Å². The molecule has 4 rings (SSSR count). The van der Waals surface area contributed by atoms with Crippen molar-refractivity contribution in [1.82, 2.24) is 4.98 Å². The second-order valence-corrected chi connectivity index (χ2v) is 8.56. The van der Waals surface area contributed by atoms with Gasteiger partial charge in [-0.15, -0.1) is 11.3 Å². The van der Waals surface area contributed by atoms with Crippen LogP contribution in [0.3, 0.4) is 0 Å². The van der Waals surface area contributed by atoms with Crippen molar-refractivity contribution in [1.29, 1.82) is 0 Å². The number of furan rings is 1. The number of amides is 1. The SMILES string of the molecule is COc1cc(Cl)cc2cc(/C=C/C(=O)Nc3ncc(Cc4cccc(C(F)(F)F)c4)s3)oc12. The van der Waals surface area contributed by atoms with Crippen LogP contribution in [0.1, 0.15) is 21.8 Å². The molecule has 170 valence electrons. The standard InChI is InChI=1S/C23H16ClF3N2O3S/c1-31-19-11-16(24)9-14-10-17(32-21(14)19)5-6-20(30)29-22-28-12-18(33-22)8-13-3-2-4-15(7-13)23(25,26)27/h2-7,9-12H,8H2,1H3,(H,28,29,30)/b6-5+. The second kappa shape index (κ2) is 9.29. The molecule has 0 saturated carbocycles. The zero-order valence-electron chi connectivity index (χ0n) is 17.1. The topological polar surface area (TPSA) is 64.4 Å². The van der Waals surface area contributed by atoms with Crippen LogP contribution in [0.25, 0.3) is 17.0 Å². The summed E-state index contributed by atoms with van der Waals surface area (Å²) in [6.07, 6.45) is 0.197. The van der Waals surface area contributed by atoms with Gasteiger partial charge >= 0.3 is 6.18 Å². The number of hydrogen-bond acceptors (Lipinski definition) is 5. The largest absolute Gasteiger partial charge is 0.493 e. The number of alkyl halides is 3. The molecule has 2 heterocycles. The van der Waals surface area contributed by atoms with Crippen LogP contribution in [0.5, 0.6) is 5.75 Å². The molecule has 0 unspecified atom stereocenters. The zero-order valence-corrected chi connectivity index (χ0v) is 18.6. The highest BCUT2D eigenvalue weighted by atomic mass is 35.5. The number of fused-ring (bicyclic) bond motifs is 1. The molecule has 0 saturated heterocycles. The van der Waals surface area contributed by atoms with E-state index in [2.05, 4.69) is 10.3 Å². The fourth-order valence-corrected chi connectivity index (χ4v) is 4.22. The van der Waals surface area contributed by atoms with E-state index in [0.717, 1.165) is 22.4 Å². The first-order valence-corrected chi connectivity index (χ1v) is 10.8. The average Bonchev–Trinajstić information content (AvgIpc) is 3.37. The van der Waals surface area contributed by atoms with Gasteiger partial charge in [0.25, 0.3) is 0 Å². The molecule has 0 fully saturated rings. The van der Waals surface area contributed by atoms with Crippen molar-refractivity contribution in [2.24, 2.45) is 0 Å². The molecule has 1 N–H and O–H groups in total. The van der Waals surface area contributed by atoms with E-state index in [0.29, 0.717) is 32.8 Å². The summed E-state index contributed by atoms with van der Waals surface area (Å²) in [4.78, 5) is 17.1. The zero-order chi connectivity index (χ0) is 23.6. The molecule has 0 radical (unpaired) electrons. The summed E-state index contributed by atoms with van der Waals surface area (Å²) >= 11 is 7.24. The number of anilines is 1. The highest BCUT2D eigenvalue weighted by Crippen LogP contribution is 2.33. The van der Waals surface area contributed by atoms with Gasteiger partial charge in [-0.2, -0.15) is 13.2 Å². The lowest BCUT2D eigenvalue weighted by molar-refractivity contribution is -0.137. The van der Waals surface area contributed by atoms with Crippen molar-refractivity contribution in [3.05, 3.63) is 81.5 Å². The van der Waals surface area contributed by atoms with Crippen LogP contribution < -0.4 is 10.1 Å². The number of rotatable bonds is 6. The van der Waals surface area contributed by atoms with Crippen molar-refractivity contribution in [3.8, 4) is 5.75 Å². The van der Waals surface area contributed by atoms with Crippen LogP contribution in [-0.4, -0.2) is 18.0 Å². The fraction of sp³-hybridized carbons (Fsp3) is 0.130. The van der Waals surface area contributed by atoms with Crippen LogP contribution >= 0.6 is 22.9 Å². The first kappa shape index (κ1) is 22.9. The Balaban J connectivity index is 1.41. The monoisotopic (exact) mass is 492 g/mol. The normalized spacial score (nSPS) is 11.9. The third kappa shape index (κ3) is 5.55. The molecule has 10 heteroatoms. The number of carbonyl (C=O) groups is 1. The summed E-state index contributed by atoms with van der Waals surface area (Å²) in [5, 5.41) is 4.20. The van der Waals surface area contributed by atoms with E-state index in [-0.39, 0.29) is 6.42 Å². The number of hydrogen-bond donors (Lipinski definition) is 1. The van der Waals surface area contributed by atoms with Crippen LogP contribution in [0.2, 0.25) is 5.02 Å². The number of nitrogens with one attached hydrogen (secondary N) is 1. The minimum absolute atomic E-state index is 0.274. The van der Waals surface area contributed by atoms with Crippen LogP contribution in [0.4, 0.5) is 18.3 Å². The van der Waals surface area contributed by atoms with Crippen molar-refractivity contribution in [2.45, 2.75) is 12.6 Å². The molecule has 0 aliphatic rings. The minimum atomic E-state index is -4.40. The Hall–Kier alpha value is -3.30. The number of nitrogens with zero attached hydrogens (tertiary/aromatic N) is 1. The Morgan fingerprint density at radius 3 is 2.85 bits per heavy atom. The lowest BCUT2D eigenvalue weighted by Gasteiger charge is -2.07. The summed E-state index contributed by atoms with van der Waals surface area (Å²) in [6, 6.07) is 10.2. The average molecular weight is 493 g/mol. The van der Waals surface area contributed by atoms with E-state index in [4.69, 9.17) is 20.8 Å². The summed E-state index contributed by atoms with van der Waals surface area (Å²) in [7, 11) is 1.51. The van der Waals surface area contributed by atoms with Gasteiger partial charge in [0.05, 0.1) is 12.7 Å². The van der Waals surface area contributed by atoms with Gasteiger partial charge in [0.2, 0.25) is 5.91 Å². The Morgan fingerprint density at radius 1 is 1.27 bits per heavy atom. The van der Waals surface area contributed by atoms with Gasteiger partial charge in [0, 0.05) is 40.0 Å². The molecule has 0 atom stereocenters. The van der Waals surface area contributed by atoms with E-state index >= 15 is 0 Å². The first-order valence-electron chi connectivity index (χ1n) is 9.58. The Bertz CT molecular complexity index is 1340. The lowest BCUT2D eigenvalue weighted by atomic mass is 10.1. The van der Waals surface area contributed by atoms with Crippen LogP contribution in [-0.2, 0) is 17.4 Å². The summed E-state index contributed by atoms with van der Waals surface area (Å²) in [5.41, 5.74) is 0.321. The van der Waals surface area contributed by atoms with Crippen molar-refractivity contribution in [2.75, 3.05) is 12.4 Å². The molecule has 4 aromatic rings. The predicted octanol–water partition coefficient (Wildman–Crippen LogP) is 6.81. The number of halogens is 4. The van der Waals surface area contributed by atoms with Gasteiger partial charge < -0.3 is 9.15 Å². The Morgan fingerprint density at radius 2 is 2.09 bits per heavy atom.